The minimum absolute atomic E-state index is 0.329. The van der Waals surface area contributed by atoms with Crippen molar-refractivity contribution in [2.45, 2.75) is 24.7 Å². The van der Waals surface area contributed by atoms with Crippen LogP contribution >= 0.6 is 10.7 Å². The van der Waals surface area contributed by atoms with Crippen LogP contribution in [0.2, 0.25) is 0 Å². The third-order valence-electron chi connectivity index (χ3n) is 3.67. The van der Waals surface area contributed by atoms with Crippen LogP contribution in [0.1, 0.15) is 30.1 Å². The fourth-order valence-electron chi connectivity index (χ4n) is 2.42. The van der Waals surface area contributed by atoms with Gasteiger partial charge >= 0.3 is 0 Å². The molecule has 0 aliphatic carbocycles. The average molecular weight is 338 g/mol. The Morgan fingerprint density at radius 1 is 1.38 bits per heavy atom. The molecule has 1 aliphatic heterocycles. The minimum atomic E-state index is -4.35. The lowest BCUT2D eigenvalue weighted by Gasteiger charge is -2.18. The van der Waals surface area contributed by atoms with Gasteiger partial charge in [0.25, 0.3) is 15.0 Å². The van der Waals surface area contributed by atoms with Crippen LogP contribution in [-0.4, -0.2) is 32.3 Å². The molecule has 2 rings (SSSR count). The normalized spacial score (nSPS) is 19.0. The van der Waals surface area contributed by atoms with Crippen molar-refractivity contribution in [3.05, 3.63) is 29.3 Å². The molecule has 1 atom stereocenters. The van der Waals surface area contributed by atoms with Crippen LogP contribution in [0, 0.1) is 17.6 Å². The van der Waals surface area contributed by atoms with Gasteiger partial charge < -0.3 is 4.90 Å². The quantitative estimate of drug-likeness (QED) is 0.797. The lowest BCUT2D eigenvalue weighted by Crippen LogP contribution is -2.30. The molecule has 1 aromatic carbocycles. The molecule has 1 saturated heterocycles. The van der Waals surface area contributed by atoms with Gasteiger partial charge in [-0.05, 0) is 24.5 Å². The summed E-state index contributed by atoms with van der Waals surface area (Å²) in [5.41, 5.74) is -0.430. The average Bonchev–Trinajstić information content (AvgIpc) is 2.88. The Morgan fingerprint density at radius 2 is 2.00 bits per heavy atom. The van der Waals surface area contributed by atoms with Crippen molar-refractivity contribution in [3.8, 4) is 0 Å². The molecule has 4 nitrogen and oxygen atoms in total. The standard InChI is InChI=1S/C13H14ClF2NO3S/c1-2-8-3-4-17(7-8)13(18)9-5-10(15)11(16)6-12(9)21(14,19)20/h5-6,8H,2-4,7H2,1H3. The van der Waals surface area contributed by atoms with Crippen molar-refractivity contribution in [1.82, 2.24) is 4.90 Å². The molecule has 1 heterocycles. The van der Waals surface area contributed by atoms with Gasteiger partial charge in [0.2, 0.25) is 0 Å². The van der Waals surface area contributed by atoms with E-state index in [1.807, 2.05) is 6.92 Å². The number of rotatable bonds is 3. The van der Waals surface area contributed by atoms with Crippen molar-refractivity contribution in [3.63, 3.8) is 0 Å². The molecule has 1 aliphatic rings. The molecule has 0 bridgehead atoms. The monoisotopic (exact) mass is 337 g/mol. The summed E-state index contributed by atoms with van der Waals surface area (Å²) < 4.78 is 49.5. The smallest absolute Gasteiger partial charge is 0.262 e. The van der Waals surface area contributed by atoms with Gasteiger partial charge in [-0.2, -0.15) is 0 Å². The summed E-state index contributed by atoms with van der Waals surface area (Å²) in [6.45, 7) is 2.92. The number of halogens is 3. The van der Waals surface area contributed by atoms with Crippen molar-refractivity contribution < 1.29 is 22.0 Å². The van der Waals surface area contributed by atoms with E-state index >= 15 is 0 Å². The number of likely N-dealkylation sites (tertiary alicyclic amines) is 1. The van der Waals surface area contributed by atoms with E-state index in [2.05, 4.69) is 0 Å². The van der Waals surface area contributed by atoms with Crippen LogP contribution in [0.4, 0.5) is 8.78 Å². The summed E-state index contributed by atoms with van der Waals surface area (Å²) in [4.78, 5) is 13.1. The first-order chi connectivity index (χ1) is 9.74. The maximum absolute atomic E-state index is 13.4. The van der Waals surface area contributed by atoms with Gasteiger partial charge in [-0.25, -0.2) is 17.2 Å². The molecular formula is C13H14ClF2NO3S. The summed E-state index contributed by atoms with van der Waals surface area (Å²) in [7, 11) is 0.859. The Hall–Kier alpha value is -1.21. The van der Waals surface area contributed by atoms with E-state index in [-0.39, 0.29) is 0 Å². The fraction of sp³-hybridized carbons (Fsp3) is 0.462. The second-order valence-electron chi connectivity index (χ2n) is 5.01. The molecule has 21 heavy (non-hydrogen) atoms. The van der Waals surface area contributed by atoms with Crippen molar-refractivity contribution >= 4 is 25.6 Å². The van der Waals surface area contributed by atoms with Crippen LogP contribution in [0.15, 0.2) is 17.0 Å². The highest BCUT2D eigenvalue weighted by Crippen LogP contribution is 2.27. The minimum Gasteiger partial charge on any atom is -0.338 e. The second-order valence-corrected chi connectivity index (χ2v) is 7.55. The summed E-state index contributed by atoms with van der Waals surface area (Å²) in [6, 6.07) is 1.03. The topological polar surface area (TPSA) is 54.5 Å². The third-order valence-corrected chi connectivity index (χ3v) is 5.03. The Labute approximate surface area is 126 Å². The van der Waals surface area contributed by atoms with Gasteiger partial charge in [0.15, 0.2) is 11.6 Å². The zero-order valence-corrected chi connectivity index (χ0v) is 12.8. The molecule has 1 aromatic rings. The Balaban J connectivity index is 2.43. The zero-order chi connectivity index (χ0) is 15.8. The molecule has 0 aromatic heterocycles. The predicted molar refractivity (Wildman–Crippen MR) is 73.7 cm³/mol. The number of hydrogen-bond donors (Lipinski definition) is 0. The fourth-order valence-corrected chi connectivity index (χ4v) is 3.45. The third kappa shape index (κ3) is 3.35. The lowest BCUT2D eigenvalue weighted by molar-refractivity contribution is 0.0782. The number of carbonyl (C=O) groups is 1. The Kier molecular flexibility index (Phi) is 4.53. The summed E-state index contributed by atoms with van der Waals surface area (Å²) in [6.07, 6.45) is 1.69. The molecule has 116 valence electrons. The molecule has 1 amide bonds. The maximum Gasteiger partial charge on any atom is 0.262 e. The summed E-state index contributed by atoms with van der Waals surface area (Å²) in [5.74, 6) is -2.97. The van der Waals surface area contributed by atoms with Crippen molar-refractivity contribution in [2.75, 3.05) is 13.1 Å². The largest absolute Gasteiger partial charge is 0.338 e. The van der Waals surface area contributed by atoms with Crippen LogP contribution in [0.5, 0.6) is 0 Å². The van der Waals surface area contributed by atoms with Crippen molar-refractivity contribution in [1.29, 1.82) is 0 Å². The highest BCUT2D eigenvalue weighted by Gasteiger charge is 2.30. The van der Waals surface area contributed by atoms with Gasteiger partial charge in [0, 0.05) is 23.8 Å². The Bertz CT molecular complexity index is 678. The highest BCUT2D eigenvalue weighted by molar-refractivity contribution is 8.13. The van der Waals surface area contributed by atoms with E-state index in [0.717, 1.165) is 12.8 Å². The molecule has 1 fully saturated rings. The van der Waals surface area contributed by atoms with Crippen LogP contribution in [0.25, 0.3) is 0 Å². The maximum atomic E-state index is 13.4. The molecule has 0 N–H and O–H groups in total. The van der Waals surface area contributed by atoms with E-state index in [9.17, 15) is 22.0 Å². The molecular weight excluding hydrogens is 324 g/mol. The molecule has 0 spiro atoms. The zero-order valence-electron chi connectivity index (χ0n) is 11.3. The van der Waals surface area contributed by atoms with E-state index in [4.69, 9.17) is 10.7 Å². The Morgan fingerprint density at radius 3 is 2.52 bits per heavy atom. The van der Waals surface area contributed by atoms with Crippen LogP contribution in [0.3, 0.4) is 0 Å². The van der Waals surface area contributed by atoms with Gasteiger partial charge in [-0.15, -0.1) is 0 Å². The number of hydrogen-bond acceptors (Lipinski definition) is 3. The summed E-state index contributed by atoms with van der Waals surface area (Å²) in [5, 5.41) is 0. The number of benzene rings is 1. The lowest BCUT2D eigenvalue weighted by atomic mass is 10.1. The molecule has 0 radical (unpaired) electrons. The van der Waals surface area contributed by atoms with E-state index in [0.29, 0.717) is 31.1 Å². The molecule has 1 unspecified atom stereocenters. The number of carbonyl (C=O) groups excluding carboxylic acids is 1. The number of amides is 1. The first-order valence-electron chi connectivity index (χ1n) is 6.47. The molecule has 0 saturated carbocycles. The van der Waals surface area contributed by atoms with Crippen molar-refractivity contribution in [2.24, 2.45) is 5.92 Å². The first kappa shape index (κ1) is 16.2. The van der Waals surface area contributed by atoms with E-state index in [1.165, 1.54) is 4.90 Å². The van der Waals surface area contributed by atoms with Crippen LogP contribution < -0.4 is 0 Å². The van der Waals surface area contributed by atoms with Gasteiger partial charge in [-0.3, -0.25) is 4.79 Å². The first-order valence-corrected chi connectivity index (χ1v) is 8.78. The second kappa shape index (κ2) is 5.88. The van der Waals surface area contributed by atoms with Gasteiger partial charge in [-0.1, -0.05) is 13.3 Å². The van der Waals surface area contributed by atoms with Crippen LogP contribution in [-0.2, 0) is 9.05 Å². The number of nitrogens with zero attached hydrogens (tertiary/aromatic N) is 1. The van der Waals surface area contributed by atoms with E-state index < -0.39 is 37.1 Å². The summed E-state index contributed by atoms with van der Waals surface area (Å²) >= 11 is 0. The predicted octanol–water partition coefficient (Wildman–Crippen LogP) is 2.76. The highest BCUT2D eigenvalue weighted by atomic mass is 35.7. The molecule has 8 heteroatoms. The van der Waals surface area contributed by atoms with Gasteiger partial charge in [0.1, 0.15) is 0 Å². The van der Waals surface area contributed by atoms with E-state index in [1.54, 1.807) is 0 Å². The van der Waals surface area contributed by atoms with Gasteiger partial charge in [0.05, 0.1) is 10.5 Å². The SMILES string of the molecule is CCC1CCN(C(=O)c2cc(F)c(F)cc2S(=O)(=O)Cl)C1.